The largest absolute Gasteiger partial charge is 0.316 e. The molecular formula is C19H40N2. The first-order valence-corrected chi connectivity index (χ1v) is 9.25. The zero-order chi connectivity index (χ0) is 15.9. The predicted octanol–water partition coefficient (Wildman–Crippen LogP) is 4.55. The molecule has 1 fully saturated rings. The molecule has 0 saturated carbocycles. The van der Waals surface area contributed by atoms with Crippen molar-refractivity contribution in [3.8, 4) is 0 Å². The van der Waals surface area contributed by atoms with Gasteiger partial charge in [0.2, 0.25) is 0 Å². The van der Waals surface area contributed by atoms with Crippen molar-refractivity contribution in [1.82, 2.24) is 10.2 Å². The van der Waals surface area contributed by atoms with Crippen LogP contribution >= 0.6 is 0 Å². The molecule has 1 rings (SSSR count). The Morgan fingerprint density at radius 2 is 1.76 bits per heavy atom. The lowest BCUT2D eigenvalue weighted by atomic mass is 9.81. The molecule has 0 bridgehead atoms. The van der Waals surface area contributed by atoms with Crippen LogP contribution in [0.1, 0.15) is 73.6 Å². The van der Waals surface area contributed by atoms with Crippen molar-refractivity contribution in [2.75, 3.05) is 32.7 Å². The van der Waals surface area contributed by atoms with E-state index in [9.17, 15) is 0 Å². The van der Waals surface area contributed by atoms with Crippen LogP contribution in [0.4, 0.5) is 0 Å². The van der Waals surface area contributed by atoms with Crippen LogP contribution in [-0.2, 0) is 0 Å². The second-order valence-electron chi connectivity index (χ2n) is 8.53. The summed E-state index contributed by atoms with van der Waals surface area (Å²) in [5, 5.41) is 3.72. The first-order valence-electron chi connectivity index (χ1n) is 9.25. The van der Waals surface area contributed by atoms with E-state index in [4.69, 9.17) is 0 Å². The van der Waals surface area contributed by atoms with Gasteiger partial charge in [-0.25, -0.2) is 0 Å². The van der Waals surface area contributed by atoms with Gasteiger partial charge in [-0.2, -0.15) is 0 Å². The lowest BCUT2D eigenvalue weighted by Crippen LogP contribution is -2.44. The minimum Gasteiger partial charge on any atom is -0.316 e. The van der Waals surface area contributed by atoms with Crippen molar-refractivity contribution in [2.24, 2.45) is 16.7 Å². The Morgan fingerprint density at radius 3 is 2.33 bits per heavy atom. The molecule has 0 radical (unpaired) electrons. The first kappa shape index (κ1) is 19.0. The summed E-state index contributed by atoms with van der Waals surface area (Å²) >= 11 is 0. The fourth-order valence-corrected chi connectivity index (χ4v) is 3.52. The topological polar surface area (TPSA) is 15.3 Å². The monoisotopic (exact) mass is 296 g/mol. The van der Waals surface area contributed by atoms with Gasteiger partial charge in [-0.05, 0) is 68.5 Å². The summed E-state index contributed by atoms with van der Waals surface area (Å²) in [4.78, 5) is 2.75. The predicted molar refractivity (Wildman–Crippen MR) is 94.8 cm³/mol. The van der Waals surface area contributed by atoms with Gasteiger partial charge < -0.3 is 10.2 Å². The van der Waals surface area contributed by atoms with Crippen LogP contribution in [0.5, 0.6) is 0 Å². The molecule has 21 heavy (non-hydrogen) atoms. The molecule has 1 N–H and O–H groups in total. The Morgan fingerprint density at radius 1 is 1.10 bits per heavy atom. The summed E-state index contributed by atoms with van der Waals surface area (Å²) in [5.74, 6) is 0.746. The fourth-order valence-electron chi connectivity index (χ4n) is 3.52. The highest BCUT2D eigenvalue weighted by molar-refractivity contribution is 4.85. The van der Waals surface area contributed by atoms with Crippen LogP contribution in [0.25, 0.3) is 0 Å². The van der Waals surface area contributed by atoms with Gasteiger partial charge in [-0.3, -0.25) is 0 Å². The zero-order valence-electron chi connectivity index (χ0n) is 15.6. The van der Waals surface area contributed by atoms with E-state index in [0.717, 1.165) is 12.5 Å². The SMILES string of the molecule is CCC(CC)(CNCC(C)C)CN1CCCC(C)(C)CC1. The maximum absolute atomic E-state index is 3.72. The van der Waals surface area contributed by atoms with Crippen LogP contribution < -0.4 is 5.32 Å². The summed E-state index contributed by atoms with van der Waals surface area (Å²) < 4.78 is 0. The molecule has 0 atom stereocenters. The minimum absolute atomic E-state index is 0.462. The molecule has 1 aliphatic heterocycles. The lowest BCUT2D eigenvalue weighted by Gasteiger charge is -2.37. The van der Waals surface area contributed by atoms with E-state index in [1.165, 1.54) is 58.3 Å². The number of rotatable bonds is 8. The van der Waals surface area contributed by atoms with Gasteiger partial charge in [-0.1, -0.05) is 41.5 Å². The molecule has 1 aliphatic rings. The van der Waals surface area contributed by atoms with Crippen molar-refractivity contribution in [3.05, 3.63) is 0 Å². The van der Waals surface area contributed by atoms with E-state index in [1.54, 1.807) is 0 Å². The average Bonchev–Trinajstić information content (AvgIpc) is 2.58. The molecule has 2 nitrogen and oxygen atoms in total. The number of hydrogen-bond acceptors (Lipinski definition) is 2. The summed E-state index contributed by atoms with van der Waals surface area (Å²) in [6.45, 7) is 20.4. The van der Waals surface area contributed by atoms with E-state index >= 15 is 0 Å². The maximum Gasteiger partial charge on any atom is 0.00499 e. The number of hydrogen-bond donors (Lipinski definition) is 1. The van der Waals surface area contributed by atoms with Crippen molar-refractivity contribution >= 4 is 0 Å². The quantitative estimate of drug-likeness (QED) is 0.707. The van der Waals surface area contributed by atoms with Gasteiger partial charge in [0.25, 0.3) is 0 Å². The van der Waals surface area contributed by atoms with Gasteiger partial charge in [0.1, 0.15) is 0 Å². The van der Waals surface area contributed by atoms with E-state index in [0.29, 0.717) is 10.8 Å². The van der Waals surface area contributed by atoms with Gasteiger partial charge >= 0.3 is 0 Å². The molecule has 0 amide bonds. The van der Waals surface area contributed by atoms with E-state index in [1.807, 2.05) is 0 Å². The smallest absolute Gasteiger partial charge is 0.00499 e. The molecule has 1 heterocycles. The molecule has 0 aliphatic carbocycles. The maximum atomic E-state index is 3.72. The second-order valence-corrected chi connectivity index (χ2v) is 8.53. The molecule has 0 aromatic heterocycles. The van der Waals surface area contributed by atoms with Gasteiger partial charge in [-0.15, -0.1) is 0 Å². The van der Waals surface area contributed by atoms with E-state index in [2.05, 4.69) is 51.8 Å². The summed E-state index contributed by atoms with van der Waals surface area (Å²) in [6.07, 6.45) is 6.69. The summed E-state index contributed by atoms with van der Waals surface area (Å²) in [7, 11) is 0. The van der Waals surface area contributed by atoms with E-state index < -0.39 is 0 Å². The number of nitrogens with one attached hydrogen (secondary N) is 1. The Labute approximate surface area is 134 Å². The zero-order valence-corrected chi connectivity index (χ0v) is 15.6. The third kappa shape index (κ3) is 6.69. The average molecular weight is 297 g/mol. The Bertz CT molecular complexity index is 279. The van der Waals surface area contributed by atoms with Crippen molar-refractivity contribution < 1.29 is 0 Å². The van der Waals surface area contributed by atoms with Gasteiger partial charge in [0, 0.05) is 13.1 Å². The van der Waals surface area contributed by atoms with Crippen molar-refractivity contribution in [2.45, 2.75) is 73.6 Å². The van der Waals surface area contributed by atoms with Crippen LogP contribution in [0, 0.1) is 16.7 Å². The third-order valence-corrected chi connectivity index (χ3v) is 5.54. The first-order chi connectivity index (χ1) is 9.82. The molecular weight excluding hydrogens is 256 g/mol. The van der Waals surface area contributed by atoms with Crippen LogP contribution in [0.2, 0.25) is 0 Å². The van der Waals surface area contributed by atoms with Gasteiger partial charge in [0.05, 0.1) is 0 Å². The lowest BCUT2D eigenvalue weighted by molar-refractivity contribution is 0.133. The normalized spacial score (nSPS) is 20.7. The molecule has 2 heteroatoms. The molecule has 1 saturated heterocycles. The van der Waals surface area contributed by atoms with Crippen LogP contribution in [0.3, 0.4) is 0 Å². The van der Waals surface area contributed by atoms with Crippen molar-refractivity contribution in [1.29, 1.82) is 0 Å². The van der Waals surface area contributed by atoms with Crippen LogP contribution in [-0.4, -0.2) is 37.6 Å². The summed E-state index contributed by atoms with van der Waals surface area (Å²) in [5.41, 5.74) is 1.01. The highest BCUT2D eigenvalue weighted by atomic mass is 15.1. The highest BCUT2D eigenvalue weighted by Crippen LogP contribution is 2.33. The molecule has 0 unspecified atom stereocenters. The number of nitrogens with zero attached hydrogens (tertiary/aromatic N) is 1. The highest BCUT2D eigenvalue weighted by Gasteiger charge is 2.31. The minimum atomic E-state index is 0.462. The van der Waals surface area contributed by atoms with Crippen LogP contribution in [0.15, 0.2) is 0 Å². The molecule has 0 spiro atoms. The fraction of sp³-hybridized carbons (Fsp3) is 1.00. The second kappa shape index (κ2) is 8.53. The standard InChI is InChI=1S/C19H40N2/c1-7-19(8-2,15-20-14-17(3)4)16-21-12-9-10-18(5,6)11-13-21/h17,20H,7-16H2,1-6H3. The van der Waals surface area contributed by atoms with E-state index in [-0.39, 0.29) is 0 Å². The Hall–Kier alpha value is -0.0800. The van der Waals surface area contributed by atoms with Crippen molar-refractivity contribution in [3.63, 3.8) is 0 Å². The number of likely N-dealkylation sites (tertiary alicyclic amines) is 1. The molecule has 0 aromatic carbocycles. The van der Waals surface area contributed by atoms with Gasteiger partial charge in [0.15, 0.2) is 0 Å². The molecule has 126 valence electrons. The third-order valence-electron chi connectivity index (χ3n) is 5.54. The summed E-state index contributed by atoms with van der Waals surface area (Å²) in [6, 6.07) is 0. The molecule has 0 aromatic rings. The Balaban J connectivity index is 2.56. The Kier molecular flexibility index (Phi) is 7.70.